The summed E-state index contributed by atoms with van der Waals surface area (Å²) in [5, 5.41) is 17.9. The zero-order valence-corrected chi connectivity index (χ0v) is 9.91. The number of hydrogen-bond donors (Lipinski definition) is 4. The summed E-state index contributed by atoms with van der Waals surface area (Å²) >= 11 is 0. The van der Waals surface area contributed by atoms with Gasteiger partial charge < -0.3 is 26.4 Å². The number of aliphatic carboxylic acids is 2. The quantitative estimate of drug-likeness (QED) is 0.335. The van der Waals surface area contributed by atoms with E-state index in [0.717, 1.165) is 13.2 Å². The lowest BCUT2D eigenvalue weighted by molar-refractivity contribution is -0.150. The number of nitrogen functional groups attached to an aromatic ring is 2. The smallest absolute Gasteiger partial charge is 0.340 e. The highest BCUT2D eigenvalue weighted by molar-refractivity contribution is 6.06. The maximum absolute atomic E-state index is 11.6. The fraction of sp³-hybridized carbons (Fsp3) is 0.182. The van der Waals surface area contributed by atoms with E-state index in [1.165, 1.54) is 6.07 Å². The highest BCUT2D eigenvalue weighted by Crippen LogP contribution is 2.30. The Morgan fingerprint density at radius 3 is 2.11 bits per heavy atom. The number of esters is 1. The molecule has 0 aliphatic heterocycles. The first-order chi connectivity index (χ1) is 8.81. The molecule has 8 nitrogen and oxygen atoms in total. The fourth-order valence-corrected chi connectivity index (χ4v) is 1.59. The van der Waals surface area contributed by atoms with Crippen molar-refractivity contribution in [1.29, 1.82) is 0 Å². The molecule has 0 heterocycles. The van der Waals surface area contributed by atoms with E-state index < -0.39 is 23.8 Å². The fourth-order valence-electron chi connectivity index (χ4n) is 1.59. The van der Waals surface area contributed by atoms with Gasteiger partial charge in [-0.2, -0.15) is 0 Å². The van der Waals surface area contributed by atoms with Crippen LogP contribution in [0.25, 0.3) is 0 Å². The Bertz CT molecular complexity index is 540. The highest BCUT2D eigenvalue weighted by atomic mass is 16.5. The summed E-state index contributed by atoms with van der Waals surface area (Å²) in [6.45, 7) is 0. The van der Waals surface area contributed by atoms with Crippen LogP contribution in [0.3, 0.4) is 0 Å². The average Bonchev–Trinajstić information content (AvgIpc) is 2.32. The van der Waals surface area contributed by atoms with Gasteiger partial charge in [0.1, 0.15) is 0 Å². The van der Waals surface area contributed by atoms with Gasteiger partial charge in [0.25, 0.3) is 0 Å². The molecule has 0 radical (unpaired) electrons. The van der Waals surface area contributed by atoms with Gasteiger partial charge in [0.2, 0.25) is 0 Å². The monoisotopic (exact) mass is 268 g/mol. The van der Waals surface area contributed by atoms with Gasteiger partial charge in [0.05, 0.1) is 24.0 Å². The molecular formula is C11H12N2O6. The molecular weight excluding hydrogens is 256 g/mol. The van der Waals surface area contributed by atoms with Crippen LogP contribution in [-0.4, -0.2) is 35.2 Å². The van der Waals surface area contributed by atoms with Gasteiger partial charge in [-0.15, -0.1) is 0 Å². The molecule has 0 atom stereocenters. The molecule has 0 fully saturated rings. The molecule has 0 saturated carbocycles. The van der Waals surface area contributed by atoms with Crippen molar-refractivity contribution in [1.82, 2.24) is 0 Å². The Labute approximate surface area is 107 Å². The number of carboxylic acids is 2. The van der Waals surface area contributed by atoms with Gasteiger partial charge in [0, 0.05) is 0 Å². The molecule has 0 spiro atoms. The number of carbonyl (C=O) groups is 3. The molecule has 1 rings (SSSR count). The normalized spacial score (nSPS) is 10.2. The summed E-state index contributed by atoms with van der Waals surface area (Å²) in [7, 11) is 1.06. The van der Waals surface area contributed by atoms with Crippen molar-refractivity contribution in [2.24, 2.45) is 0 Å². The zero-order chi connectivity index (χ0) is 14.7. The van der Waals surface area contributed by atoms with Gasteiger partial charge in [-0.1, -0.05) is 6.07 Å². The topological polar surface area (TPSA) is 153 Å². The van der Waals surface area contributed by atoms with Crippen LogP contribution in [0.5, 0.6) is 0 Å². The maximum Gasteiger partial charge on any atom is 0.340 e. The molecule has 0 amide bonds. The predicted octanol–water partition coefficient (Wildman–Crippen LogP) is -0.110. The summed E-state index contributed by atoms with van der Waals surface area (Å²) in [5.41, 5.74) is 10.3. The van der Waals surface area contributed by atoms with Crippen LogP contribution in [0.2, 0.25) is 0 Å². The molecule has 1 aromatic carbocycles. The van der Waals surface area contributed by atoms with Crippen LogP contribution >= 0.6 is 0 Å². The third-order valence-corrected chi connectivity index (χ3v) is 2.51. The predicted molar refractivity (Wildman–Crippen MR) is 64.6 cm³/mol. The maximum atomic E-state index is 11.6. The lowest BCUT2D eigenvalue weighted by Crippen LogP contribution is -2.24. The van der Waals surface area contributed by atoms with Gasteiger partial charge in [0.15, 0.2) is 5.92 Å². The van der Waals surface area contributed by atoms with E-state index in [2.05, 4.69) is 4.74 Å². The van der Waals surface area contributed by atoms with E-state index in [1.807, 2.05) is 0 Å². The Morgan fingerprint density at radius 1 is 1.16 bits per heavy atom. The number of benzene rings is 1. The number of ether oxygens (including phenoxy) is 1. The van der Waals surface area contributed by atoms with Gasteiger partial charge >= 0.3 is 17.9 Å². The second-order valence-electron chi connectivity index (χ2n) is 3.63. The molecule has 0 saturated heterocycles. The van der Waals surface area contributed by atoms with E-state index in [-0.39, 0.29) is 22.5 Å². The molecule has 0 aliphatic carbocycles. The first kappa shape index (κ1) is 14.3. The van der Waals surface area contributed by atoms with E-state index in [4.69, 9.17) is 21.7 Å². The highest BCUT2D eigenvalue weighted by Gasteiger charge is 2.33. The molecule has 0 unspecified atom stereocenters. The van der Waals surface area contributed by atoms with Gasteiger partial charge in [-0.3, -0.25) is 9.59 Å². The lowest BCUT2D eigenvalue weighted by atomic mass is 9.92. The Kier molecular flexibility index (Phi) is 3.95. The number of anilines is 2. The van der Waals surface area contributed by atoms with Crippen molar-refractivity contribution >= 4 is 29.3 Å². The third-order valence-electron chi connectivity index (χ3n) is 2.51. The van der Waals surface area contributed by atoms with Crippen LogP contribution < -0.4 is 11.5 Å². The molecule has 0 aliphatic rings. The SMILES string of the molecule is COC(=O)c1c(C(C(=O)O)C(=O)O)ccc(N)c1N. The first-order valence-corrected chi connectivity index (χ1v) is 5.03. The number of methoxy groups -OCH3 is 1. The third kappa shape index (κ3) is 2.57. The van der Waals surface area contributed by atoms with E-state index in [1.54, 1.807) is 0 Å². The summed E-state index contributed by atoms with van der Waals surface area (Å²) in [6.07, 6.45) is 0. The number of nitrogens with two attached hydrogens (primary N) is 2. The minimum atomic E-state index is -1.93. The lowest BCUT2D eigenvalue weighted by Gasteiger charge is -2.15. The van der Waals surface area contributed by atoms with Crippen LogP contribution in [0, 0.1) is 0 Å². The van der Waals surface area contributed by atoms with Crippen molar-refractivity contribution in [3.05, 3.63) is 23.3 Å². The number of carboxylic acid groups (broad SMARTS) is 2. The summed E-state index contributed by atoms with van der Waals surface area (Å²) in [5.74, 6) is -6.13. The summed E-state index contributed by atoms with van der Waals surface area (Å²) in [6, 6.07) is 2.36. The van der Waals surface area contributed by atoms with Crippen molar-refractivity contribution in [3.63, 3.8) is 0 Å². The summed E-state index contributed by atoms with van der Waals surface area (Å²) < 4.78 is 4.46. The molecule has 19 heavy (non-hydrogen) atoms. The second kappa shape index (κ2) is 5.25. The molecule has 0 bridgehead atoms. The van der Waals surface area contributed by atoms with Crippen LogP contribution in [0.15, 0.2) is 12.1 Å². The minimum Gasteiger partial charge on any atom is -0.480 e. The number of hydrogen-bond acceptors (Lipinski definition) is 6. The Balaban J connectivity index is 3.59. The zero-order valence-electron chi connectivity index (χ0n) is 9.91. The summed E-state index contributed by atoms with van der Waals surface area (Å²) in [4.78, 5) is 33.6. The molecule has 0 aromatic heterocycles. The van der Waals surface area contributed by atoms with Crippen LogP contribution in [0.4, 0.5) is 11.4 Å². The van der Waals surface area contributed by atoms with E-state index >= 15 is 0 Å². The van der Waals surface area contributed by atoms with Crippen LogP contribution in [0.1, 0.15) is 21.8 Å². The Morgan fingerprint density at radius 2 is 1.68 bits per heavy atom. The van der Waals surface area contributed by atoms with Crippen molar-refractivity contribution in [3.8, 4) is 0 Å². The second-order valence-corrected chi connectivity index (χ2v) is 3.63. The molecule has 8 heteroatoms. The standard InChI is InChI=1S/C11H12N2O6/c1-19-11(18)6-4(2-3-5(12)8(6)13)7(9(14)15)10(16)17/h2-3,7H,12-13H2,1H3,(H,14,15)(H,16,17). The van der Waals surface area contributed by atoms with Crippen molar-refractivity contribution in [2.75, 3.05) is 18.6 Å². The van der Waals surface area contributed by atoms with Crippen molar-refractivity contribution < 1.29 is 29.3 Å². The Hall–Kier alpha value is -2.77. The van der Waals surface area contributed by atoms with E-state index in [0.29, 0.717) is 0 Å². The first-order valence-electron chi connectivity index (χ1n) is 5.03. The van der Waals surface area contributed by atoms with Crippen LogP contribution in [-0.2, 0) is 14.3 Å². The van der Waals surface area contributed by atoms with E-state index in [9.17, 15) is 14.4 Å². The average molecular weight is 268 g/mol. The van der Waals surface area contributed by atoms with Gasteiger partial charge in [-0.25, -0.2) is 4.79 Å². The number of carbonyl (C=O) groups excluding carboxylic acids is 1. The minimum absolute atomic E-state index is 0.0266. The van der Waals surface area contributed by atoms with Gasteiger partial charge in [-0.05, 0) is 11.6 Å². The molecule has 6 N–H and O–H groups in total. The largest absolute Gasteiger partial charge is 0.480 e. The molecule has 102 valence electrons. The number of rotatable bonds is 4. The van der Waals surface area contributed by atoms with Crippen molar-refractivity contribution in [2.45, 2.75) is 5.92 Å². The molecule has 1 aromatic rings.